The lowest BCUT2D eigenvalue weighted by Gasteiger charge is -2.06. The minimum atomic E-state index is -1.05. The highest BCUT2D eigenvalue weighted by Gasteiger charge is 2.19. The van der Waals surface area contributed by atoms with Gasteiger partial charge in [-0.15, -0.1) is 0 Å². The van der Waals surface area contributed by atoms with Gasteiger partial charge < -0.3 is 10.8 Å². The van der Waals surface area contributed by atoms with E-state index in [0.29, 0.717) is 4.88 Å². The maximum atomic E-state index is 11.1. The highest BCUT2D eigenvalue weighted by Crippen LogP contribution is 2.34. The average Bonchev–Trinajstić information content (AvgIpc) is 2.64. The number of benzene rings is 1. The van der Waals surface area contributed by atoms with Crippen molar-refractivity contribution < 1.29 is 9.90 Å². The standard InChI is InChI=1S/C12H12N2O2S/c1-6-4-3-5-8(7(6)2)10-9(11(15)16)14-12(13)17-10/h3-5H,1-2H3,(H2,13,14)(H,15,16). The van der Waals surface area contributed by atoms with E-state index in [1.54, 1.807) is 0 Å². The third-order valence-electron chi connectivity index (χ3n) is 2.70. The second-order valence-electron chi connectivity index (χ2n) is 3.78. The van der Waals surface area contributed by atoms with Crippen LogP contribution >= 0.6 is 11.3 Å². The van der Waals surface area contributed by atoms with Crippen molar-refractivity contribution in [1.29, 1.82) is 0 Å². The fourth-order valence-electron chi connectivity index (χ4n) is 1.66. The highest BCUT2D eigenvalue weighted by molar-refractivity contribution is 7.19. The van der Waals surface area contributed by atoms with Gasteiger partial charge in [0.1, 0.15) is 0 Å². The number of rotatable bonds is 2. The molecule has 0 atom stereocenters. The quantitative estimate of drug-likeness (QED) is 0.856. The molecule has 0 aliphatic rings. The van der Waals surface area contributed by atoms with Crippen LogP contribution in [-0.4, -0.2) is 16.1 Å². The molecule has 1 heterocycles. The third-order valence-corrected chi connectivity index (χ3v) is 3.61. The van der Waals surface area contributed by atoms with Gasteiger partial charge in [-0.3, -0.25) is 0 Å². The largest absolute Gasteiger partial charge is 0.476 e. The molecule has 0 spiro atoms. The maximum Gasteiger partial charge on any atom is 0.356 e. The van der Waals surface area contributed by atoms with Crippen LogP contribution < -0.4 is 5.73 Å². The van der Waals surface area contributed by atoms with E-state index in [-0.39, 0.29) is 10.8 Å². The fourth-order valence-corrected chi connectivity index (χ4v) is 2.57. The SMILES string of the molecule is Cc1cccc(-c2sc(N)nc2C(=O)O)c1C. The number of anilines is 1. The lowest BCUT2D eigenvalue weighted by Crippen LogP contribution is -2.00. The number of hydrogen-bond acceptors (Lipinski definition) is 4. The number of aromatic carboxylic acids is 1. The molecular formula is C12H12N2O2S. The Labute approximate surface area is 103 Å². The first-order valence-corrected chi connectivity index (χ1v) is 5.88. The molecule has 0 aliphatic carbocycles. The van der Waals surface area contributed by atoms with Crippen molar-refractivity contribution in [1.82, 2.24) is 4.98 Å². The predicted molar refractivity (Wildman–Crippen MR) is 68.4 cm³/mol. The molecule has 1 aromatic carbocycles. The Kier molecular flexibility index (Phi) is 2.85. The number of nitrogens with zero attached hydrogens (tertiary/aromatic N) is 1. The fraction of sp³-hybridized carbons (Fsp3) is 0.167. The first-order chi connectivity index (χ1) is 8.00. The van der Waals surface area contributed by atoms with Crippen LogP contribution in [0.1, 0.15) is 21.6 Å². The Bertz CT molecular complexity index is 590. The topological polar surface area (TPSA) is 76.2 Å². The van der Waals surface area contributed by atoms with Crippen LogP contribution in [0.25, 0.3) is 10.4 Å². The van der Waals surface area contributed by atoms with E-state index in [9.17, 15) is 4.79 Å². The number of nitrogen functional groups attached to an aromatic ring is 1. The zero-order valence-electron chi connectivity index (χ0n) is 9.52. The van der Waals surface area contributed by atoms with Gasteiger partial charge in [-0.25, -0.2) is 9.78 Å². The molecule has 0 aliphatic heterocycles. The van der Waals surface area contributed by atoms with E-state index in [1.165, 1.54) is 11.3 Å². The Balaban J connectivity index is 2.68. The van der Waals surface area contributed by atoms with Gasteiger partial charge in [0, 0.05) is 0 Å². The summed E-state index contributed by atoms with van der Waals surface area (Å²) in [5.41, 5.74) is 8.67. The number of thiazole rings is 1. The van der Waals surface area contributed by atoms with Crippen LogP contribution in [-0.2, 0) is 0 Å². The van der Waals surface area contributed by atoms with E-state index in [2.05, 4.69) is 4.98 Å². The maximum absolute atomic E-state index is 11.1. The lowest BCUT2D eigenvalue weighted by atomic mass is 10.0. The van der Waals surface area contributed by atoms with Crippen molar-refractivity contribution in [3.05, 3.63) is 35.0 Å². The molecule has 0 bridgehead atoms. The van der Waals surface area contributed by atoms with Gasteiger partial charge in [0.25, 0.3) is 0 Å². The van der Waals surface area contributed by atoms with Crippen LogP contribution in [0.2, 0.25) is 0 Å². The smallest absolute Gasteiger partial charge is 0.356 e. The first kappa shape index (κ1) is 11.6. The number of carboxylic acids is 1. The van der Waals surface area contributed by atoms with Gasteiger partial charge in [0.2, 0.25) is 0 Å². The van der Waals surface area contributed by atoms with Gasteiger partial charge in [-0.2, -0.15) is 0 Å². The normalized spacial score (nSPS) is 10.5. The summed E-state index contributed by atoms with van der Waals surface area (Å²) >= 11 is 1.20. The van der Waals surface area contributed by atoms with Gasteiger partial charge >= 0.3 is 5.97 Å². The number of nitrogens with two attached hydrogens (primary N) is 1. The van der Waals surface area contributed by atoms with Crippen LogP contribution in [0, 0.1) is 13.8 Å². The second kappa shape index (κ2) is 4.18. The van der Waals surface area contributed by atoms with Crippen LogP contribution in [0.5, 0.6) is 0 Å². The van der Waals surface area contributed by atoms with Crippen molar-refractivity contribution in [3.63, 3.8) is 0 Å². The molecule has 2 aromatic rings. The van der Waals surface area contributed by atoms with Gasteiger partial charge in [0.15, 0.2) is 10.8 Å². The highest BCUT2D eigenvalue weighted by atomic mass is 32.1. The summed E-state index contributed by atoms with van der Waals surface area (Å²) in [5, 5.41) is 9.37. The Hall–Kier alpha value is -1.88. The van der Waals surface area contributed by atoms with E-state index in [0.717, 1.165) is 16.7 Å². The zero-order valence-corrected chi connectivity index (χ0v) is 10.3. The summed E-state index contributed by atoms with van der Waals surface area (Å²) in [5.74, 6) is -1.05. The zero-order chi connectivity index (χ0) is 12.6. The molecule has 0 saturated carbocycles. The Morgan fingerprint density at radius 1 is 1.41 bits per heavy atom. The second-order valence-corrected chi connectivity index (χ2v) is 4.81. The molecular weight excluding hydrogens is 236 g/mol. The van der Waals surface area contributed by atoms with Crippen LogP contribution in [0.15, 0.2) is 18.2 Å². The minimum absolute atomic E-state index is 0.0289. The summed E-state index contributed by atoms with van der Waals surface area (Å²) in [6.07, 6.45) is 0. The van der Waals surface area contributed by atoms with Crippen molar-refractivity contribution >= 4 is 22.4 Å². The molecule has 4 nitrogen and oxygen atoms in total. The lowest BCUT2D eigenvalue weighted by molar-refractivity contribution is 0.0692. The number of aryl methyl sites for hydroxylation is 1. The molecule has 1 aromatic heterocycles. The first-order valence-electron chi connectivity index (χ1n) is 5.07. The van der Waals surface area contributed by atoms with E-state index >= 15 is 0 Å². The summed E-state index contributed by atoms with van der Waals surface area (Å²) in [6.45, 7) is 3.95. The molecule has 0 radical (unpaired) electrons. The van der Waals surface area contributed by atoms with Crippen LogP contribution in [0.4, 0.5) is 5.13 Å². The molecule has 88 valence electrons. The summed E-state index contributed by atoms with van der Waals surface area (Å²) < 4.78 is 0. The summed E-state index contributed by atoms with van der Waals surface area (Å²) in [7, 11) is 0. The molecule has 3 N–H and O–H groups in total. The minimum Gasteiger partial charge on any atom is -0.476 e. The number of carbonyl (C=O) groups is 1. The van der Waals surface area contributed by atoms with E-state index in [1.807, 2.05) is 32.0 Å². The number of hydrogen-bond donors (Lipinski definition) is 2. The van der Waals surface area contributed by atoms with E-state index < -0.39 is 5.97 Å². The average molecular weight is 248 g/mol. The van der Waals surface area contributed by atoms with Crippen LogP contribution in [0.3, 0.4) is 0 Å². The molecule has 0 fully saturated rings. The molecule has 0 amide bonds. The van der Waals surface area contributed by atoms with Crippen molar-refractivity contribution in [3.8, 4) is 10.4 Å². The molecule has 5 heteroatoms. The molecule has 17 heavy (non-hydrogen) atoms. The third kappa shape index (κ3) is 2.01. The van der Waals surface area contributed by atoms with Crippen molar-refractivity contribution in [2.45, 2.75) is 13.8 Å². The van der Waals surface area contributed by atoms with Gasteiger partial charge in [-0.05, 0) is 30.5 Å². The number of carboxylic acid groups (broad SMARTS) is 1. The van der Waals surface area contributed by atoms with Crippen molar-refractivity contribution in [2.24, 2.45) is 0 Å². The van der Waals surface area contributed by atoms with Gasteiger partial charge in [0.05, 0.1) is 4.88 Å². The Morgan fingerprint density at radius 3 is 2.76 bits per heavy atom. The van der Waals surface area contributed by atoms with Crippen molar-refractivity contribution in [2.75, 3.05) is 5.73 Å². The molecule has 2 rings (SSSR count). The molecule has 0 saturated heterocycles. The van der Waals surface area contributed by atoms with E-state index in [4.69, 9.17) is 10.8 Å². The van der Waals surface area contributed by atoms with Gasteiger partial charge in [-0.1, -0.05) is 29.5 Å². The molecule has 0 unspecified atom stereocenters. The number of aromatic nitrogens is 1. The predicted octanol–water partition coefficient (Wildman–Crippen LogP) is 2.71. The summed E-state index contributed by atoms with van der Waals surface area (Å²) in [6, 6.07) is 5.78. The Morgan fingerprint density at radius 2 is 2.12 bits per heavy atom. The monoisotopic (exact) mass is 248 g/mol. The summed E-state index contributed by atoms with van der Waals surface area (Å²) in [4.78, 5) is 15.6.